The lowest BCUT2D eigenvalue weighted by atomic mass is 9.82. The second kappa shape index (κ2) is 15.4. The SMILES string of the molecule is COC(=O)CCCCN1C(=O)[C@@]2(O[C@@H](CC(=O)N3Cc4ccccc4C[C@H]3CO)[C@H]([Si](C)(C)O)[C@H]2C)c2cc(NC(=O)Cc3c[nH]c4ccccc34)ccc21. The third-order valence-corrected chi connectivity index (χ3v) is 14.3. The van der Waals surface area contributed by atoms with Crippen LogP contribution in [-0.4, -0.2) is 84.2 Å². The normalized spacial score (nSPS) is 23.3. The van der Waals surface area contributed by atoms with Gasteiger partial charge in [0, 0.05) is 59.3 Å². The van der Waals surface area contributed by atoms with Gasteiger partial charge in [0.1, 0.15) is 0 Å². The number of benzene rings is 3. The first-order chi connectivity index (χ1) is 26.3. The fourth-order valence-electron chi connectivity index (χ4n) is 9.21. The molecular formula is C42H50N4O8Si. The van der Waals surface area contributed by atoms with Crippen LogP contribution in [-0.2, 0) is 53.6 Å². The number of fused-ring (bicyclic) bond motifs is 4. The van der Waals surface area contributed by atoms with Crippen molar-refractivity contribution < 1.29 is 38.6 Å². The molecule has 3 amide bonds. The summed E-state index contributed by atoms with van der Waals surface area (Å²) in [5.41, 5.74) is 3.57. The summed E-state index contributed by atoms with van der Waals surface area (Å²) in [4.78, 5) is 72.9. The number of carbonyl (C=O) groups is 4. The van der Waals surface area contributed by atoms with E-state index in [9.17, 15) is 29.1 Å². The molecule has 0 saturated carbocycles. The number of nitrogens with one attached hydrogen (secondary N) is 2. The third kappa shape index (κ3) is 7.21. The number of aliphatic hydroxyl groups is 1. The van der Waals surface area contributed by atoms with E-state index in [1.807, 2.05) is 80.8 Å². The van der Waals surface area contributed by atoms with Crippen molar-refractivity contribution in [3.8, 4) is 0 Å². The van der Waals surface area contributed by atoms with E-state index in [0.29, 0.717) is 49.3 Å². The standard InChI is InChI=1S/C42H50N4O8Si/c1-26-40(55(3,4)52)36(22-38(49)46-24-28-12-6-5-11-27(28)19-31(46)25-47)54-42(26)33-21-30(44-37(48)20-29-23-43-34-14-8-7-13-32(29)34)16-17-35(33)45(41(42)51)18-10-9-15-39(50)53-2/h5-8,11-14,16-17,21,23,26,31,36,40,43,47,52H,9-10,15,18-20,22,24-25H2,1-4H3,(H,44,48)/t26-,31+,36+,40-,42+/m1/s1. The van der Waals surface area contributed by atoms with Crippen molar-refractivity contribution in [2.24, 2.45) is 5.92 Å². The lowest BCUT2D eigenvalue weighted by Gasteiger charge is -2.37. The van der Waals surface area contributed by atoms with Gasteiger partial charge in [-0.3, -0.25) is 19.2 Å². The molecule has 0 aliphatic carbocycles. The first-order valence-electron chi connectivity index (χ1n) is 19.1. The van der Waals surface area contributed by atoms with E-state index in [1.165, 1.54) is 7.11 Å². The molecular weight excluding hydrogens is 717 g/mol. The number of anilines is 2. The average molecular weight is 767 g/mol. The number of aliphatic hydroxyl groups excluding tert-OH is 1. The fraction of sp³-hybridized carbons (Fsp3) is 0.429. The van der Waals surface area contributed by atoms with Gasteiger partial charge in [-0.25, -0.2) is 0 Å². The van der Waals surface area contributed by atoms with Crippen LogP contribution < -0.4 is 10.2 Å². The highest BCUT2D eigenvalue weighted by atomic mass is 28.4. The number of nitrogens with zero attached hydrogens (tertiary/aromatic N) is 2. The number of amides is 3. The maximum absolute atomic E-state index is 14.9. The molecule has 0 unspecified atom stereocenters. The van der Waals surface area contributed by atoms with Gasteiger partial charge in [-0.05, 0) is 73.3 Å². The van der Waals surface area contributed by atoms with Crippen molar-refractivity contribution in [2.75, 3.05) is 30.5 Å². The number of aromatic amines is 1. The number of unbranched alkanes of at least 4 members (excludes halogenated alkanes) is 1. The molecule has 0 bridgehead atoms. The fourth-order valence-corrected chi connectivity index (χ4v) is 11.8. The second-order valence-corrected chi connectivity index (χ2v) is 19.7. The Kier molecular flexibility index (Phi) is 10.7. The molecule has 55 heavy (non-hydrogen) atoms. The smallest absolute Gasteiger partial charge is 0.305 e. The Hall–Kier alpha value is -4.82. The van der Waals surface area contributed by atoms with Gasteiger partial charge in [0.15, 0.2) is 13.9 Å². The van der Waals surface area contributed by atoms with Gasteiger partial charge in [0.25, 0.3) is 5.91 Å². The maximum Gasteiger partial charge on any atom is 0.305 e. The molecule has 4 N–H and O–H groups in total. The number of esters is 1. The van der Waals surface area contributed by atoms with Gasteiger partial charge in [-0.1, -0.05) is 49.4 Å². The predicted octanol–water partition coefficient (Wildman–Crippen LogP) is 5.17. The number of hydrogen-bond donors (Lipinski definition) is 4. The molecule has 13 heteroatoms. The Labute approximate surface area is 321 Å². The van der Waals surface area contributed by atoms with Crippen molar-refractivity contribution in [2.45, 2.75) is 88.4 Å². The largest absolute Gasteiger partial charge is 0.469 e. The van der Waals surface area contributed by atoms with Crippen LogP contribution in [0.2, 0.25) is 18.6 Å². The second-order valence-electron chi connectivity index (χ2n) is 15.7. The summed E-state index contributed by atoms with van der Waals surface area (Å²) in [6.07, 6.45) is 2.89. The quantitative estimate of drug-likeness (QED) is 0.0873. The minimum atomic E-state index is -3.10. The van der Waals surface area contributed by atoms with E-state index in [2.05, 4.69) is 10.3 Å². The first-order valence-corrected chi connectivity index (χ1v) is 22.1. The highest BCUT2D eigenvalue weighted by Crippen LogP contribution is 2.60. The van der Waals surface area contributed by atoms with Crippen LogP contribution in [0.1, 0.15) is 54.9 Å². The lowest BCUT2D eigenvalue weighted by Crippen LogP contribution is -2.48. The summed E-state index contributed by atoms with van der Waals surface area (Å²) in [6, 6.07) is 20.7. The highest BCUT2D eigenvalue weighted by Gasteiger charge is 2.66. The highest BCUT2D eigenvalue weighted by molar-refractivity contribution is 6.71. The average Bonchev–Trinajstić information content (AvgIpc) is 3.78. The van der Waals surface area contributed by atoms with Gasteiger partial charge < -0.3 is 39.5 Å². The van der Waals surface area contributed by atoms with E-state index in [-0.39, 0.29) is 49.6 Å². The first kappa shape index (κ1) is 38.5. The van der Waals surface area contributed by atoms with Gasteiger partial charge in [-0.15, -0.1) is 0 Å². The molecule has 4 heterocycles. The van der Waals surface area contributed by atoms with Crippen LogP contribution in [0, 0.1) is 5.92 Å². The van der Waals surface area contributed by atoms with Crippen LogP contribution in [0.15, 0.2) is 72.9 Å². The molecule has 1 aromatic heterocycles. The Morgan fingerprint density at radius 2 is 1.80 bits per heavy atom. The molecule has 1 fully saturated rings. The number of hydrogen-bond acceptors (Lipinski definition) is 8. The molecule has 5 atom stereocenters. The zero-order chi connectivity index (χ0) is 39.1. The minimum absolute atomic E-state index is 0.0742. The Balaban J connectivity index is 1.20. The number of para-hydroxylation sites is 1. The third-order valence-electron chi connectivity index (χ3n) is 11.8. The Morgan fingerprint density at radius 3 is 2.55 bits per heavy atom. The van der Waals surface area contributed by atoms with Gasteiger partial charge in [0.05, 0.1) is 44.4 Å². The zero-order valence-corrected chi connectivity index (χ0v) is 32.8. The van der Waals surface area contributed by atoms with Gasteiger partial charge >= 0.3 is 5.97 Å². The Bertz CT molecular complexity index is 2110. The van der Waals surface area contributed by atoms with E-state index < -0.39 is 37.5 Å². The maximum atomic E-state index is 14.9. The number of aromatic nitrogens is 1. The van der Waals surface area contributed by atoms with E-state index in [4.69, 9.17) is 9.47 Å². The summed E-state index contributed by atoms with van der Waals surface area (Å²) in [5.74, 6) is -1.59. The van der Waals surface area contributed by atoms with E-state index >= 15 is 0 Å². The van der Waals surface area contributed by atoms with Crippen LogP contribution in [0.4, 0.5) is 11.4 Å². The van der Waals surface area contributed by atoms with E-state index in [0.717, 1.165) is 27.6 Å². The van der Waals surface area contributed by atoms with Crippen LogP contribution >= 0.6 is 0 Å². The van der Waals surface area contributed by atoms with Crippen molar-refractivity contribution in [1.29, 1.82) is 0 Å². The monoisotopic (exact) mass is 766 g/mol. The molecule has 3 aliphatic heterocycles. The van der Waals surface area contributed by atoms with Crippen molar-refractivity contribution >= 4 is 54.3 Å². The lowest BCUT2D eigenvalue weighted by molar-refractivity contribution is -0.151. The van der Waals surface area contributed by atoms with Gasteiger partial charge in [0.2, 0.25) is 11.8 Å². The van der Waals surface area contributed by atoms with Crippen LogP contribution in [0.25, 0.3) is 10.9 Å². The summed E-state index contributed by atoms with van der Waals surface area (Å²) in [6.45, 7) is 6.01. The molecule has 3 aliphatic rings. The van der Waals surface area contributed by atoms with Crippen LogP contribution in [0.3, 0.4) is 0 Å². The molecule has 1 spiro atoms. The van der Waals surface area contributed by atoms with Crippen LogP contribution in [0.5, 0.6) is 0 Å². The summed E-state index contributed by atoms with van der Waals surface area (Å²) in [5, 5.41) is 14.3. The Morgan fingerprint density at radius 1 is 1.05 bits per heavy atom. The molecule has 4 aromatic rings. The van der Waals surface area contributed by atoms with Gasteiger partial charge in [-0.2, -0.15) is 0 Å². The predicted molar refractivity (Wildman–Crippen MR) is 211 cm³/mol. The zero-order valence-electron chi connectivity index (χ0n) is 31.8. The number of methoxy groups -OCH3 is 1. The number of carbonyl (C=O) groups excluding carboxylic acids is 4. The number of ether oxygens (including phenoxy) is 2. The summed E-state index contributed by atoms with van der Waals surface area (Å²) >= 11 is 0. The minimum Gasteiger partial charge on any atom is -0.469 e. The molecule has 12 nitrogen and oxygen atoms in total. The van der Waals surface area contributed by atoms with Crippen molar-refractivity contribution in [3.05, 3.63) is 95.2 Å². The number of rotatable bonds is 12. The molecule has 3 aromatic carbocycles. The molecule has 290 valence electrons. The topological polar surface area (TPSA) is 161 Å². The van der Waals surface area contributed by atoms with E-state index in [1.54, 1.807) is 21.9 Å². The van der Waals surface area contributed by atoms with Crippen molar-refractivity contribution in [3.63, 3.8) is 0 Å². The number of H-pyrrole nitrogens is 1. The molecule has 0 radical (unpaired) electrons. The van der Waals surface area contributed by atoms with Crippen molar-refractivity contribution in [1.82, 2.24) is 9.88 Å². The summed E-state index contributed by atoms with van der Waals surface area (Å²) < 4.78 is 11.8. The molecule has 1 saturated heterocycles. The molecule has 7 rings (SSSR count). The summed E-state index contributed by atoms with van der Waals surface area (Å²) in [7, 11) is -1.76.